The van der Waals surface area contributed by atoms with Crippen LogP contribution in [0, 0.1) is 17.8 Å². The van der Waals surface area contributed by atoms with Crippen LogP contribution in [0.5, 0.6) is 0 Å². The summed E-state index contributed by atoms with van der Waals surface area (Å²) in [7, 11) is -1.68. The fraction of sp³-hybridized carbons (Fsp3) is 1.00. The second-order valence-corrected chi connectivity index (χ2v) is 13.6. The predicted molar refractivity (Wildman–Crippen MR) is 127 cm³/mol. The molecule has 0 spiro atoms. The van der Waals surface area contributed by atoms with Crippen LogP contribution in [0.3, 0.4) is 0 Å². The van der Waals surface area contributed by atoms with Gasteiger partial charge in [-0.1, -0.05) is 6.92 Å². The van der Waals surface area contributed by atoms with Gasteiger partial charge in [-0.3, -0.25) is 0 Å². The standard InChI is InChI=1S/C23H37F14N2O3S/c1-15(12-19(25,26)14-20(27,28)13-18(2,24)23(35,36)37)10-17(22(32,33)34)11-16(21(29,30)31)6-9-43(41,42)38-7-5-8-39(3,4)40/h15-17,38,40H,5-14H2,1-4H3/q+1. The lowest BCUT2D eigenvalue weighted by molar-refractivity contribution is -1.07. The minimum absolute atomic E-state index is 0.0542. The van der Waals surface area contributed by atoms with Crippen LogP contribution in [-0.2, 0) is 10.0 Å². The van der Waals surface area contributed by atoms with Crippen molar-refractivity contribution in [3.05, 3.63) is 0 Å². The zero-order valence-electron chi connectivity index (χ0n) is 23.7. The van der Waals surface area contributed by atoms with E-state index < -0.39 is 113 Å². The largest absolute Gasteiger partial charge is 0.422 e. The van der Waals surface area contributed by atoms with Crippen LogP contribution >= 0.6 is 0 Å². The fourth-order valence-corrected chi connectivity index (χ4v) is 5.56. The summed E-state index contributed by atoms with van der Waals surface area (Å²) in [4.78, 5) is 0. The molecule has 0 saturated heterocycles. The average Bonchev–Trinajstić information content (AvgIpc) is 2.67. The molecule has 4 unspecified atom stereocenters. The number of sulfonamides is 1. The number of quaternary nitrogens is 1. The summed E-state index contributed by atoms with van der Waals surface area (Å²) in [6.07, 6.45) is -28.2. The number of rotatable bonds is 18. The lowest BCUT2D eigenvalue weighted by atomic mass is 9.83. The van der Waals surface area contributed by atoms with Gasteiger partial charge in [-0.25, -0.2) is 40.3 Å². The number of nitrogens with one attached hydrogen (secondary N) is 1. The van der Waals surface area contributed by atoms with Gasteiger partial charge in [0, 0.05) is 19.4 Å². The Bertz CT molecular complexity index is 958. The van der Waals surface area contributed by atoms with Crippen molar-refractivity contribution < 1.29 is 79.7 Å². The molecule has 0 aromatic carbocycles. The number of hydrogen-bond donors (Lipinski definition) is 2. The van der Waals surface area contributed by atoms with Gasteiger partial charge < -0.3 is 0 Å². The van der Waals surface area contributed by atoms with E-state index in [9.17, 15) is 75.1 Å². The molecule has 0 bridgehead atoms. The highest BCUT2D eigenvalue weighted by molar-refractivity contribution is 7.89. The summed E-state index contributed by atoms with van der Waals surface area (Å²) in [6.45, 7) is 0.144. The highest BCUT2D eigenvalue weighted by Crippen LogP contribution is 2.47. The first kappa shape index (κ1) is 41.9. The van der Waals surface area contributed by atoms with E-state index in [4.69, 9.17) is 0 Å². The summed E-state index contributed by atoms with van der Waals surface area (Å²) in [5.74, 6) is -18.5. The quantitative estimate of drug-likeness (QED) is 0.0674. The zero-order valence-corrected chi connectivity index (χ0v) is 24.5. The van der Waals surface area contributed by atoms with Crippen LogP contribution < -0.4 is 4.72 Å². The topological polar surface area (TPSA) is 66.4 Å². The number of hydroxylamine groups is 3. The van der Waals surface area contributed by atoms with Crippen molar-refractivity contribution in [3.8, 4) is 0 Å². The Balaban J connectivity index is 5.51. The first-order valence-electron chi connectivity index (χ1n) is 12.9. The third kappa shape index (κ3) is 17.2. The molecule has 0 aromatic heterocycles. The third-order valence-corrected chi connectivity index (χ3v) is 7.88. The predicted octanol–water partition coefficient (Wildman–Crippen LogP) is 7.66. The molecule has 260 valence electrons. The van der Waals surface area contributed by atoms with Gasteiger partial charge in [0.05, 0.1) is 44.5 Å². The molecule has 0 aliphatic rings. The molecule has 0 aromatic rings. The summed E-state index contributed by atoms with van der Waals surface area (Å²) < 4.78 is 215. The van der Waals surface area contributed by atoms with Gasteiger partial charge in [0.25, 0.3) is 11.8 Å². The van der Waals surface area contributed by atoms with Crippen LogP contribution in [0.1, 0.15) is 58.8 Å². The molecule has 0 saturated carbocycles. The van der Waals surface area contributed by atoms with E-state index in [1.54, 1.807) is 0 Å². The molecule has 5 nitrogen and oxygen atoms in total. The summed E-state index contributed by atoms with van der Waals surface area (Å²) in [6, 6.07) is 0. The lowest BCUT2D eigenvalue weighted by Gasteiger charge is -2.32. The van der Waals surface area contributed by atoms with E-state index >= 15 is 0 Å². The van der Waals surface area contributed by atoms with Gasteiger partial charge >= 0.3 is 18.5 Å². The number of nitrogens with zero attached hydrogens (tertiary/aromatic N) is 1. The first-order valence-corrected chi connectivity index (χ1v) is 14.5. The van der Waals surface area contributed by atoms with E-state index in [-0.39, 0.29) is 26.4 Å². The summed E-state index contributed by atoms with van der Waals surface area (Å²) >= 11 is 0. The molecule has 0 aliphatic heterocycles. The van der Waals surface area contributed by atoms with Gasteiger partial charge in [0.1, 0.15) is 6.54 Å². The zero-order chi connectivity index (χ0) is 34.5. The second kappa shape index (κ2) is 14.5. The number of hydrogen-bond acceptors (Lipinski definition) is 3. The van der Waals surface area contributed by atoms with E-state index in [1.807, 2.05) is 4.72 Å². The van der Waals surface area contributed by atoms with Crippen molar-refractivity contribution in [2.24, 2.45) is 17.8 Å². The van der Waals surface area contributed by atoms with Crippen molar-refractivity contribution >= 4 is 10.0 Å². The first-order chi connectivity index (χ1) is 18.7. The van der Waals surface area contributed by atoms with Gasteiger partial charge in [-0.15, -0.1) is 0 Å². The van der Waals surface area contributed by atoms with Crippen molar-refractivity contribution in [2.45, 2.75) is 94.8 Å². The average molecular weight is 688 g/mol. The molecule has 0 radical (unpaired) electrons. The molecule has 0 rings (SSSR count). The lowest BCUT2D eigenvalue weighted by Crippen LogP contribution is -2.44. The Morgan fingerprint density at radius 1 is 0.767 bits per heavy atom. The Morgan fingerprint density at radius 3 is 1.67 bits per heavy atom. The third-order valence-electron chi connectivity index (χ3n) is 6.47. The number of halogens is 14. The summed E-state index contributed by atoms with van der Waals surface area (Å²) in [5, 5.41) is 9.52. The van der Waals surface area contributed by atoms with Gasteiger partial charge in [0.2, 0.25) is 15.7 Å². The van der Waals surface area contributed by atoms with Crippen LogP contribution in [0.4, 0.5) is 61.5 Å². The van der Waals surface area contributed by atoms with Crippen molar-refractivity contribution in [3.63, 3.8) is 0 Å². The Labute approximate surface area is 240 Å². The molecule has 0 aliphatic carbocycles. The van der Waals surface area contributed by atoms with Crippen LogP contribution in [0.2, 0.25) is 0 Å². The minimum Gasteiger partial charge on any atom is -0.234 e. The van der Waals surface area contributed by atoms with Gasteiger partial charge in [-0.05, 0) is 32.1 Å². The molecule has 0 fully saturated rings. The highest BCUT2D eigenvalue weighted by atomic mass is 32.2. The van der Waals surface area contributed by atoms with Crippen molar-refractivity contribution in [1.82, 2.24) is 4.72 Å². The monoisotopic (exact) mass is 687 g/mol. The van der Waals surface area contributed by atoms with E-state index in [0.717, 1.165) is 0 Å². The Hall–Kier alpha value is -1.15. The molecule has 20 heteroatoms. The molecule has 2 N–H and O–H groups in total. The van der Waals surface area contributed by atoms with Crippen LogP contribution in [0.15, 0.2) is 0 Å². The van der Waals surface area contributed by atoms with E-state index in [0.29, 0.717) is 6.92 Å². The molecular weight excluding hydrogens is 650 g/mol. The van der Waals surface area contributed by atoms with Crippen molar-refractivity contribution in [2.75, 3.05) is 32.9 Å². The fourth-order valence-electron chi connectivity index (χ4n) is 4.36. The van der Waals surface area contributed by atoms with Crippen molar-refractivity contribution in [1.29, 1.82) is 0 Å². The molecule has 4 atom stereocenters. The van der Waals surface area contributed by atoms with Gasteiger partial charge in [0.15, 0.2) is 0 Å². The normalized spacial score (nSPS) is 18.3. The maximum absolute atomic E-state index is 14.3. The van der Waals surface area contributed by atoms with Crippen LogP contribution in [0.25, 0.3) is 0 Å². The molecule has 43 heavy (non-hydrogen) atoms. The molecular formula is C23H37F14N2O3S+. The SMILES string of the molecule is CC(CC(CC(CCS(=O)(=O)NCCC[N+](C)(C)O)C(F)(F)F)C(F)(F)F)CC(F)(F)CC(F)(F)CC(C)(F)C(F)(F)F. The summed E-state index contributed by atoms with van der Waals surface area (Å²) in [5.41, 5.74) is -4.56. The van der Waals surface area contributed by atoms with Gasteiger partial charge in [-0.2, -0.15) is 44.2 Å². The highest BCUT2D eigenvalue weighted by Gasteiger charge is 2.59. The molecule has 0 heterocycles. The second-order valence-electron chi connectivity index (χ2n) is 11.7. The minimum atomic E-state index is -5.83. The molecule has 0 amide bonds. The smallest absolute Gasteiger partial charge is 0.234 e. The Morgan fingerprint density at radius 2 is 1.26 bits per heavy atom. The number of alkyl halides is 14. The van der Waals surface area contributed by atoms with E-state index in [1.165, 1.54) is 14.1 Å². The van der Waals surface area contributed by atoms with E-state index in [2.05, 4.69) is 0 Å². The Kier molecular flexibility index (Phi) is 14.1. The maximum Gasteiger partial charge on any atom is 0.422 e. The maximum atomic E-state index is 14.3. The van der Waals surface area contributed by atoms with Crippen LogP contribution in [-0.4, -0.2) is 87.3 Å².